The Morgan fingerprint density at radius 3 is 1.94 bits per heavy atom. The van der Waals surface area contributed by atoms with Crippen molar-refractivity contribution in [3.8, 4) is 5.75 Å². The molecule has 0 aliphatic rings. The highest BCUT2D eigenvalue weighted by molar-refractivity contribution is 5.93. The van der Waals surface area contributed by atoms with Gasteiger partial charge < -0.3 is 9.84 Å². The Hall–Kier alpha value is -2.37. The number of ether oxygens (including phenoxy) is 1. The number of methoxy groups -OCH3 is 1. The fourth-order valence-corrected chi connectivity index (χ4v) is 3.87. The molecule has 2 aromatic rings. The fraction of sp³-hybridized carbons (Fsp3) is 0.500. The van der Waals surface area contributed by atoms with Crippen molar-refractivity contribution in [1.82, 2.24) is 0 Å². The minimum absolute atomic E-state index is 0.0283. The van der Waals surface area contributed by atoms with Gasteiger partial charge in [0, 0.05) is 5.56 Å². The minimum atomic E-state index is -0.582. The summed E-state index contributed by atoms with van der Waals surface area (Å²) in [5.74, 6) is 0.443. The molecule has 0 radical (unpaired) electrons. The fourth-order valence-electron chi connectivity index (χ4n) is 3.87. The van der Waals surface area contributed by atoms with Gasteiger partial charge in [-0.2, -0.15) is 0 Å². The lowest BCUT2D eigenvalue weighted by Crippen LogP contribution is -2.09. The molecular weight excluding hydrogens is 392 g/mol. The average Bonchev–Trinajstić information content (AvgIpc) is 2.72. The van der Waals surface area contributed by atoms with Crippen LogP contribution in [0.5, 0.6) is 5.75 Å². The van der Waals surface area contributed by atoms with E-state index in [-0.39, 0.29) is 17.9 Å². The van der Waals surface area contributed by atoms with Crippen LogP contribution >= 0.6 is 0 Å². The zero-order valence-corrected chi connectivity index (χ0v) is 20.0. The molecule has 5 nitrogen and oxygen atoms in total. The van der Waals surface area contributed by atoms with E-state index >= 15 is 0 Å². The second kappa shape index (κ2) is 10.8. The van der Waals surface area contributed by atoms with Crippen LogP contribution in [-0.2, 0) is 27.5 Å². The molecule has 0 bridgehead atoms. The van der Waals surface area contributed by atoms with E-state index in [0.29, 0.717) is 29.7 Å². The molecule has 0 aliphatic carbocycles. The van der Waals surface area contributed by atoms with Crippen LogP contribution in [0.15, 0.2) is 24.3 Å². The minimum Gasteiger partial charge on any atom is -0.507 e. The van der Waals surface area contributed by atoms with Crippen molar-refractivity contribution in [3.05, 3.63) is 63.2 Å². The van der Waals surface area contributed by atoms with E-state index in [4.69, 9.17) is 14.5 Å². The van der Waals surface area contributed by atoms with Crippen LogP contribution in [0.4, 0.5) is 0 Å². The van der Waals surface area contributed by atoms with E-state index in [9.17, 15) is 9.90 Å². The number of aromatic hydroxyl groups is 1. The number of rotatable bonds is 9. The van der Waals surface area contributed by atoms with Crippen LogP contribution in [0, 0.1) is 0 Å². The highest BCUT2D eigenvalue weighted by Gasteiger charge is 2.21. The number of phenols is 1. The van der Waals surface area contributed by atoms with E-state index in [1.807, 2.05) is 6.07 Å². The monoisotopic (exact) mass is 428 g/mol. The van der Waals surface area contributed by atoms with Crippen LogP contribution in [0.3, 0.4) is 0 Å². The Kier molecular flexibility index (Phi) is 8.66. The normalized spacial score (nSPS) is 11.6. The van der Waals surface area contributed by atoms with Crippen molar-refractivity contribution < 1.29 is 24.4 Å². The smallest absolute Gasteiger partial charge is 0.341 e. The third-order valence-corrected chi connectivity index (χ3v) is 5.62. The van der Waals surface area contributed by atoms with E-state index in [1.165, 1.54) is 36.5 Å². The Labute approximate surface area is 186 Å². The first-order valence-corrected chi connectivity index (χ1v) is 10.9. The summed E-state index contributed by atoms with van der Waals surface area (Å²) in [5.41, 5.74) is 6.77. The molecule has 0 spiro atoms. The molecule has 1 N–H and O–H groups in total. The maximum absolute atomic E-state index is 12.3. The van der Waals surface area contributed by atoms with Crippen molar-refractivity contribution in [2.75, 3.05) is 14.2 Å². The summed E-state index contributed by atoms with van der Waals surface area (Å²) in [7, 11) is 2.71. The first-order valence-electron chi connectivity index (χ1n) is 10.9. The molecule has 2 rings (SSSR count). The number of phenolic OH excluding ortho intramolecular Hbond substituents is 1. The maximum Gasteiger partial charge on any atom is 0.341 e. The molecule has 31 heavy (non-hydrogen) atoms. The zero-order chi connectivity index (χ0) is 23.3. The molecule has 170 valence electrons. The average molecular weight is 429 g/mol. The van der Waals surface area contributed by atoms with Crippen molar-refractivity contribution in [2.45, 2.75) is 72.3 Å². The summed E-state index contributed by atoms with van der Waals surface area (Å²) < 4.78 is 4.88. The highest BCUT2D eigenvalue weighted by atomic mass is 17.2. The second-order valence-corrected chi connectivity index (χ2v) is 8.89. The number of benzene rings is 2. The zero-order valence-electron chi connectivity index (χ0n) is 20.0. The summed E-state index contributed by atoms with van der Waals surface area (Å²) >= 11 is 0. The van der Waals surface area contributed by atoms with E-state index in [1.54, 1.807) is 6.07 Å². The largest absolute Gasteiger partial charge is 0.507 e. The summed E-state index contributed by atoms with van der Waals surface area (Å²) in [6.45, 7) is 13.3. The van der Waals surface area contributed by atoms with Gasteiger partial charge in [0.05, 0.1) is 14.2 Å². The van der Waals surface area contributed by atoms with Crippen LogP contribution in [-0.4, -0.2) is 25.3 Å². The van der Waals surface area contributed by atoms with Crippen LogP contribution in [0.25, 0.3) is 0 Å². The lowest BCUT2D eigenvalue weighted by molar-refractivity contribution is -0.282. The number of hydrogen-bond acceptors (Lipinski definition) is 5. The standard InChI is InChI=1S/C26H36O5/c1-15(2)19-12-21(16(3)4)23(22(13-19)17(5)6)10-18-9-20(14-31-30-8)25(27)24(11-18)26(28)29-7/h9,11-13,15-17,27H,10,14H2,1-8H3. The first kappa shape index (κ1) is 24.9. The molecular formula is C26H36O5. The van der Waals surface area contributed by atoms with Gasteiger partial charge in [-0.05, 0) is 64.1 Å². The summed E-state index contributed by atoms with van der Waals surface area (Å²) in [6.07, 6.45) is 0.643. The van der Waals surface area contributed by atoms with E-state index in [2.05, 4.69) is 53.7 Å². The van der Waals surface area contributed by atoms with Crippen molar-refractivity contribution in [1.29, 1.82) is 0 Å². The van der Waals surface area contributed by atoms with Crippen LogP contribution in [0.2, 0.25) is 0 Å². The van der Waals surface area contributed by atoms with Gasteiger partial charge in [-0.3, -0.25) is 0 Å². The molecule has 5 heteroatoms. The molecule has 0 heterocycles. The lowest BCUT2D eigenvalue weighted by atomic mass is 9.82. The topological polar surface area (TPSA) is 65.0 Å². The third kappa shape index (κ3) is 5.86. The Morgan fingerprint density at radius 2 is 1.48 bits per heavy atom. The number of carbonyl (C=O) groups is 1. The van der Waals surface area contributed by atoms with E-state index in [0.717, 1.165) is 5.56 Å². The number of carbonyl (C=O) groups excluding carboxylic acids is 1. The Balaban J connectivity index is 2.67. The van der Waals surface area contributed by atoms with Crippen LogP contribution in [0.1, 0.15) is 103 Å². The summed E-state index contributed by atoms with van der Waals surface area (Å²) in [4.78, 5) is 22.0. The highest BCUT2D eigenvalue weighted by Crippen LogP contribution is 2.35. The molecule has 0 unspecified atom stereocenters. The molecule has 0 saturated heterocycles. The molecule has 0 fully saturated rings. The van der Waals surface area contributed by atoms with Crippen molar-refractivity contribution >= 4 is 5.97 Å². The van der Waals surface area contributed by atoms with Gasteiger partial charge >= 0.3 is 5.97 Å². The molecule has 0 aromatic heterocycles. The lowest BCUT2D eigenvalue weighted by Gasteiger charge is -2.23. The predicted octanol–water partition coefficient (Wildman–Crippen LogP) is 6.22. The molecule has 2 aromatic carbocycles. The van der Waals surface area contributed by atoms with Crippen LogP contribution < -0.4 is 0 Å². The molecule has 0 amide bonds. The van der Waals surface area contributed by atoms with Gasteiger partial charge in [0.25, 0.3) is 0 Å². The second-order valence-electron chi connectivity index (χ2n) is 8.89. The van der Waals surface area contributed by atoms with E-state index < -0.39 is 5.97 Å². The Bertz CT molecular complexity index is 883. The van der Waals surface area contributed by atoms with Crippen molar-refractivity contribution in [3.63, 3.8) is 0 Å². The first-order chi connectivity index (χ1) is 14.6. The predicted molar refractivity (Wildman–Crippen MR) is 123 cm³/mol. The van der Waals surface area contributed by atoms with Crippen molar-refractivity contribution in [2.24, 2.45) is 0 Å². The number of hydrogen-bond donors (Lipinski definition) is 1. The molecule has 0 saturated carbocycles. The third-order valence-electron chi connectivity index (χ3n) is 5.62. The Morgan fingerprint density at radius 1 is 0.903 bits per heavy atom. The maximum atomic E-state index is 12.3. The number of esters is 1. The molecule has 0 aliphatic heterocycles. The quantitative estimate of drug-likeness (QED) is 0.292. The molecule has 0 atom stereocenters. The summed E-state index contributed by atoms with van der Waals surface area (Å²) in [5, 5.41) is 10.6. The van der Waals surface area contributed by atoms with Gasteiger partial charge in [-0.15, -0.1) is 0 Å². The van der Waals surface area contributed by atoms with Gasteiger partial charge in [-0.1, -0.05) is 53.7 Å². The SMILES string of the molecule is COOCc1cc(Cc2c(C(C)C)cc(C(C)C)cc2C(C)C)cc(C(=O)OC)c1O. The van der Waals surface area contributed by atoms with Gasteiger partial charge in [0.2, 0.25) is 0 Å². The summed E-state index contributed by atoms with van der Waals surface area (Å²) in [6, 6.07) is 8.20. The van der Waals surface area contributed by atoms with Gasteiger partial charge in [0.15, 0.2) is 0 Å². The van der Waals surface area contributed by atoms with Gasteiger partial charge in [0.1, 0.15) is 17.9 Å². The van der Waals surface area contributed by atoms with Gasteiger partial charge in [-0.25, -0.2) is 14.6 Å².